The number of benzene rings is 2. The molecule has 1 N–H and O–H groups in total. The van der Waals surface area contributed by atoms with E-state index < -0.39 is 10.0 Å². The van der Waals surface area contributed by atoms with Crippen molar-refractivity contribution in [2.45, 2.75) is 11.8 Å². The van der Waals surface area contributed by atoms with Crippen molar-refractivity contribution in [1.29, 1.82) is 0 Å². The summed E-state index contributed by atoms with van der Waals surface area (Å²) >= 11 is 6.90. The molecule has 0 aliphatic rings. The molecule has 2 aromatic carbocycles. The molecule has 23 heavy (non-hydrogen) atoms. The average Bonchev–Trinajstić information content (AvgIpc) is 2.77. The summed E-state index contributed by atoms with van der Waals surface area (Å²) < 4.78 is 29.8. The van der Waals surface area contributed by atoms with Gasteiger partial charge in [0.15, 0.2) is 0 Å². The fourth-order valence-corrected chi connectivity index (χ4v) is 4.60. The second kappa shape index (κ2) is 5.67. The number of fused-ring (bicyclic) bond motifs is 1. The molecule has 0 saturated carbocycles. The fraction of sp³-hybridized carbons (Fsp3) is 0.133. The van der Waals surface area contributed by atoms with Gasteiger partial charge < -0.3 is 4.57 Å². The highest BCUT2D eigenvalue weighted by Crippen LogP contribution is 2.25. The molecule has 0 fully saturated rings. The lowest BCUT2D eigenvalue weighted by molar-refractivity contribution is 0.601. The SMILES string of the molecule is Cc1cc(Cl)ccc1NS(=O)(=O)c1ccc2c(c1)sc(=O)n2C. The van der Waals surface area contributed by atoms with Crippen molar-refractivity contribution in [3.8, 4) is 0 Å². The maximum absolute atomic E-state index is 12.5. The van der Waals surface area contributed by atoms with Crippen LogP contribution in [0.2, 0.25) is 5.02 Å². The third-order valence-corrected chi connectivity index (χ3v) is 6.10. The van der Waals surface area contributed by atoms with Crippen molar-refractivity contribution in [1.82, 2.24) is 4.57 Å². The van der Waals surface area contributed by atoms with E-state index >= 15 is 0 Å². The molecular weight excluding hydrogens is 356 g/mol. The number of hydrogen-bond donors (Lipinski definition) is 1. The summed E-state index contributed by atoms with van der Waals surface area (Å²) in [6.07, 6.45) is 0. The Balaban J connectivity index is 2.04. The van der Waals surface area contributed by atoms with Crippen LogP contribution in [0.3, 0.4) is 0 Å². The normalized spacial score (nSPS) is 11.8. The molecule has 5 nitrogen and oxygen atoms in total. The molecule has 0 aliphatic heterocycles. The van der Waals surface area contributed by atoms with E-state index in [9.17, 15) is 13.2 Å². The molecule has 0 unspecified atom stereocenters. The Kier molecular flexibility index (Phi) is 3.95. The van der Waals surface area contributed by atoms with E-state index in [1.54, 1.807) is 38.2 Å². The number of halogens is 1. The highest BCUT2D eigenvalue weighted by atomic mass is 35.5. The van der Waals surface area contributed by atoms with Crippen molar-refractivity contribution in [2.75, 3.05) is 4.72 Å². The first-order valence-electron chi connectivity index (χ1n) is 6.66. The number of rotatable bonds is 3. The van der Waals surface area contributed by atoms with Gasteiger partial charge in [0.25, 0.3) is 10.0 Å². The van der Waals surface area contributed by atoms with Gasteiger partial charge in [0.05, 0.1) is 20.8 Å². The second-order valence-electron chi connectivity index (χ2n) is 5.12. The zero-order chi connectivity index (χ0) is 16.8. The Morgan fingerprint density at radius 1 is 1.17 bits per heavy atom. The van der Waals surface area contributed by atoms with Gasteiger partial charge in [-0.25, -0.2) is 8.42 Å². The lowest BCUT2D eigenvalue weighted by Gasteiger charge is -2.11. The van der Waals surface area contributed by atoms with Crippen LogP contribution in [0.5, 0.6) is 0 Å². The van der Waals surface area contributed by atoms with E-state index in [2.05, 4.69) is 4.72 Å². The molecule has 0 bridgehead atoms. The third kappa shape index (κ3) is 2.99. The van der Waals surface area contributed by atoms with Gasteiger partial charge in [-0.2, -0.15) is 0 Å². The minimum absolute atomic E-state index is 0.112. The molecule has 0 saturated heterocycles. The van der Waals surface area contributed by atoms with Crippen molar-refractivity contribution in [2.24, 2.45) is 7.05 Å². The number of anilines is 1. The first-order valence-corrected chi connectivity index (χ1v) is 9.34. The lowest BCUT2D eigenvalue weighted by Crippen LogP contribution is -2.13. The summed E-state index contributed by atoms with van der Waals surface area (Å²) in [5.41, 5.74) is 1.91. The Labute approximate surface area is 142 Å². The lowest BCUT2D eigenvalue weighted by atomic mass is 10.2. The van der Waals surface area contributed by atoms with Gasteiger partial charge in [-0.15, -0.1) is 0 Å². The van der Waals surface area contributed by atoms with Crippen LogP contribution in [0, 0.1) is 6.92 Å². The standard InChI is InChI=1S/C15H13ClN2O3S2/c1-9-7-10(16)3-5-12(9)17-23(20,21)11-4-6-13-14(8-11)22-15(19)18(13)2/h3-8,17H,1-2H3. The van der Waals surface area contributed by atoms with Crippen molar-refractivity contribution < 1.29 is 8.42 Å². The monoisotopic (exact) mass is 368 g/mol. The fourth-order valence-electron chi connectivity index (χ4n) is 2.23. The van der Waals surface area contributed by atoms with Crippen LogP contribution in [-0.2, 0) is 17.1 Å². The average molecular weight is 369 g/mol. The van der Waals surface area contributed by atoms with Crippen LogP contribution in [0.25, 0.3) is 10.2 Å². The van der Waals surface area contributed by atoms with Crippen LogP contribution in [-0.4, -0.2) is 13.0 Å². The molecule has 0 aliphatic carbocycles. The summed E-state index contributed by atoms with van der Waals surface area (Å²) in [7, 11) is -2.08. The topological polar surface area (TPSA) is 68.2 Å². The van der Waals surface area contributed by atoms with E-state index in [0.29, 0.717) is 20.9 Å². The zero-order valence-corrected chi connectivity index (χ0v) is 14.7. The van der Waals surface area contributed by atoms with Crippen molar-refractivity contribution in [3.63, 3.8) is 0 Å². The molecule has 8 heteroatoms. The Bertz CT molecular complexity index is 1070. The second-order valence-corrected chi connectivity index (χ2v) is 8.23. The number of hydrogen-bond acceptors (Lipinski definition) is 4. The highest BCUT2D eigenvalue weighted by Gasteiger charge is 2.17. The van der Waals surface area contributed by atoms with Crippen LogP contribution >= 0.6 is 22.9 Å². The third-order valence-electron chi connectivity index (χ3n) is 3.51. The highest BCUT2D eigenvalue weighted by molar-refractivity contribution is 7.92. The molecule has 0 atom stereocenters. The number of aryl methyl sites for hydroxylation is 2. The van der Waals surface area contributed by atoms with Gasteiger partial charge in [0.1, 0.15) is 0 Å². The maximum Gasteiger partial charge on any atom is 0.307 e. The quantitative estimate of drug-likeness (QED) is 0.770. The predicted octanol–water partition coefficient (Wildman–Crippen LogP) is 3.36. The molecule has 3 rings (SSSR count). The number of nitrogens with zero attached hydrogens (tertiary/aromatic N) is 1. The van der Waals surface area contributed by atoms with Crippen molar-refractivity contribution >= 4 is 48.9 Å². The summed E-state index contributed by atoms with van der Waals surface area (Å²) in [5.74, 6) is 0. The number of nitrogens with one attached hydrogen (secondary N) is 1. The molecule has 3 aromatic rings. The molecular formula is C15H13ClN2O3S2. The molecule has 0 spiro atoms. The first-order chi connectivity index (χ1) is 10.8. The largest absolute Gasteiger partial charge is 0.307 e. The molecule has 120 valence electrons. The Morgan fingerprint density at radius 3 is 2.61 bits per heavy atom. The Morgan fingerprint density at radius 2 is 1.91 bits per heavy atom. The van der Waals surface area contributed by atoms with Gasteiger partial charge in [0.2, 0.25) is 0 Å². The minimum atomic E-state index is -3.74. The minimum Gasteiger partial charge on any atom is -0.302 e. The van der Waals surface area contributed by atoms with Crippen LogP contribution < -0.4 is 9.60 Å². The van der Waals surface area contributed by atoms with Gasteiger partial charge in [-0.1, -0.05) is 22.9 Å². The van der Waals surface area contributed by atoms with Gasteiger partial charge >= 0.3 is 4.87 Å². The summed E-state index contributed by atoms with van der Waals surface area (Å²) in [6, 6.07) is 9.56. The first kappa shape index (κ1) is 16.0. The smallest absolute Gasteiger partial charge is 0.302 e. The zero-order valence-electron chi connectivity index (χ0n) is 12.3. The van der Waals surface area contributed by atoms with E-state index in [1.807, 2.05) is 0 Å². The van der Waals surface area contributed by atoms with Crippen LogP contribution in [0.1, 0.15) is 5.56 Å². The number of sulfonamides is 1. The van der Waals surface area contributed by atoms with Gasteiger partial charge in [-0.05, 0) is 48.9 Å². The predicted molar refractivity (Wildman–Crippen MR) is 94.1 cm³/mol. The molecule has 0 amide bonds. The summed E-state index contributed by atoms with van der Waals surface area (Å²) in [5, 5.41) is 0.543. The van der Waals surface area contributed by atoms with E-state index in [0.717, 1.165) is 16.9 Å². The number of aromatic nitrogens is 1. The molecule has 0 radical (unpaired) electrons. The van der Waals surface area contributed by atoms with Crippen LogP contribution in [0.4, 0.5) is 5.69 Å². The van der Waals surface area contributed by atoms with Crippen molar-refractivity contribution in [3.05, 3.63) is 56.7 Å². The van der Waals surface area contributed by atoms with E-state index in [4.69, 9.17) is 11.6 Å². The summed E-state index contributed by atoms with van der Waals surface area (Å²) in [6.45, 7) is 1.77. The molecule has 1 aromatic heterocycles. The number of thiazole rings is 1. The maximum atomic E-state index is 12.5. The van der Waals surface area contributed by atoms with Gasteiger partial charge in [0, 0.05) is 12.1 Å². The Hall–Kier alpha value is -1.83. The van der Waals surface area contributed by atoms with Crippen LogP contribution in [0.15, 0.2) is 46.1 Å². The van der Waals surface area contributed by atoms with E-state index in [1.165, 1.54) is 16.7 Å². The van der Waals surface area contributed by atoms with Gasteiger partial charge in [-0.3, -0.25) is 9.52 Å². The molecule has 1 heterocycles. The summed E-state index contributed by atoms with van der Waals surface area (Å²) in [4.78, 5) is 11.7. The van der Waals surface area contributed by atoms with E-state index in [-0.39, 0.29) is 9.77 Å².